The lowest BCUT2D eigenvalue weighted by Gasteiger charge is -2.35. The summed E-state index contributed by atoms with van der Waals surface area (Å²) >= 11 is 0. The van der Waals surface area contributed by atoms with E-state index < -0.39 is 40.6 Å². The van der Waals surface area contributed by atoms with Crippen molar-refractivity contribution in [2.75, 3.05) is 66.6 Å². The van der Waals surface area contributed by atoms with Crippen LogP contribution in [-0.4, -0.2) is 106 Å². The Kier molecular flexibility index (Phi) is 10.7. The molecule has 0 unspecified atom stereocenters. The number of alkyl halides is 3. The summed E-state index contributed by atoms with van der Waals surface area (Å²) in [7, 11) is -0.553. The van der Waals surface area contributed by atoms with Crippen LogP contribution in [0, 0.1) is 0 Å². The second kappa shape index (κ2) is 14.1. The van der Waals surface area contributed by atoms with Crippen LogP contribution in [-0.2, 0) is 30.5 Å². The van der Waals surface area contributed by atoms with E-state index in [0.717, 1.165) is 16.4 Å². The Hall–Kier alpha value is -3.17. The first-order valence-corrected chi connectivity index (χ1v) is 15.3. The Morgan fingerprint density at radius 1 is 1.05 bits per heavy atom. The Labute approximate surface area is 249 Å². The molecule has 2 aromatic rings. The van der Waals surface area contributed by atoms with Gasteiger partial charge in [-0.05, 0) is 55.1 Å². The number of likely N-dealkylation sites (N-methyl/N-ethyl adjacent to an activating group) is 1. The van der Waals surface area contributed by atoms with Gasteiger partial charge in [0, 0.05) is 51.6 Å². The third-order valence-corrected chi connectivity index (χ3v) is 9.33. The number of rotatable bonds is 11. The van der Waals surface area contributed by atoms with E-state index in [-0.39, 0.29) is 42.7 Å². The summed E-state index contributed by atoms with van der Waals surface area (Å²) in [5, 5.41) is 9.53. The second-order valence-corrected chi connectivity index (χ2v) is 12.2. The fourth-order valence-corrected chi connectivity index (χ4v) is 6.29. The number of halogens is 3. The minimum absolute atomic E-state index is 0.0148. The van der Waals surface area contributed by atoms with Gasteiger partial charge in [0.1, 0.15) is 5.75 Å². The zero-order valence-corrected chi connectivity index (χ0v) is 24.8. The molecule has 0 radical (unpaired) electrons. The molecule has 1 N–H and O–H groups in total. The summed E-state index contributed by atoms with van der Waals surface area (Å²) in [5.74, 6) is -0.307. The summed E-state index contributed by atoms with van der Waals surface area (Å²) in [4.78, 5) is 17.1. The topological polar surface area (TPSA) is 109 Å². The number of sulfonamides is 1. The van der Waals surface area contributed by atoms with E-state index in [9.17, 15) is 31.5 Å². The molecule has 0 spiro atoms. The predicted molar refractivity (Wildman–Crippen MR) is 151 cm³/mol. The van der Waals surface area contributed by atoms with Crippen molar-refractivity contribution < 1.29 is 45.7 Å². The number of hydrogen-bond acceptors (Lipinski definition) is 8. The van der Waals surface area contributed by atoms with Crippen LogP contribution >= 0.6 is 0 Å². The lowest BCUT2D eigenvalue weighted by molar-refractivity contribution is -0.153. The molecule has 4 rings (SSSR count). The van der Waals surface area contributed by atoms with Crippen molar-refractivity contribution in [3.8, 4) is 5.75 Å². The zero-order chi connectivity index (χ0) is 31.2. The summed E-state index contributed by atoms with van der Waals surface area (Å²) in [5.41, 5.74) is -0.228. The standard InChI is InChI=1S/C29H36F3N3O7S/c1-33-11-13-34(14-12-33)28(37)26-19-22(21-3-5-23(6-4-21)29(30,31)32)20-27(42-26)41-18-16-35(15-17-36)43(38,39)25-9-7-24(40-2)8-10-25/h3-10,19,22,27,36H,11-18,20H2,1-2H3/t22-,27+/m1/s1. The fraction of sp³-hybridized carbons (Fsp3) is 0.483. The van der Waals surface area contributed by atoms with Crippen molar-refractivity contribution in [3.63, 3.8) is 0 Å². The highest BCUT2D eigenvalue weighted by atomic mass is 32.2. The molecule has 2 aliphatic rings. The lowest BCUT2D eigenvalue weighted by atomic mass is 9.92. The van der Waals surface area contributed by atoms with Gasteiger partial charge < -0.3 is 29.1 Å². The first-order chi connectivity index (χ1) is 20.4. The maximum Gasteiger partial charge on any atom is 0.416 e. The molecule has 43 heavy (non-hydrogen) atoms. The van der Waals surface area contributed by atoms with Gasteiger partial charge in [-0.3, -0.25) is 4.79 Å². The van der Waals surface area contributed by atoms with Gasteiger partial charge in [0.25, 0.3) is 5.91 Å². The third kappa shape index (κ3) is 8.26. The van der Waals surface area contributed by atoms with Crippen LogP contribution in [0.15, 0.2) is 65.3 Å². The largest absolute Gasteiger partial charge is 0.497 e. The normalized spacial score (nSPS) is 20.1. The first kappa shape index (κ1) is 32.7. The molecule has 1 amide bonds. The van der Waals surface area contributed by atoms with Crippen LogP contribution in [0.25, 0.3) is 0 Å². The smallest absolute Gasteiger partial charge is 0.416 e. The van der Waals surface area contributed by atoms with E-state index in [1.165, 1.54) is 43.5 Å². The molecule has 2 atom stereocenters. The molecule has 14 heteroatoms. The molecule has 1 fully saturated rings. The molecule has 236 valence electrons. The second-order valence-electron chi connectivity index (χ2n) is 10.3. The summed E-state index contributed by atoms with van der Waals surface area (Å²) in [6.07, 6.45) is -3.65. The highest BCUT2D eigenvalue weighted by Crippen LogP contribution is 2.35. The molecule has 2 heterocycles. The quantitative estimate of drug-likeness (QED) is 0.406. The van der Waals surface area contributed by atoms with Gasteiger partial charge in [0.15, 0.2) is 5.76 Å². The van der Waals surface area contributed by atoms with Crippen LogP contribution in [0.2, 0.25) is 0 Å². The highest BCUT2D eigenvalue weighted by molar-refractivity contribution is 7.89. The molecule has 2 aromatic carbocycles. The molecular weight excluding hydrogens is 591 g/mol. The fourth-order valence-electron chi connectivity index (χ4n) is 4.87. The Balaban J connectivity index is 1.49. The van der Waals surface area contributed by atoms with Crippen molar-refractivity contribution >= 4 is 15.9 Å². The number of amides is 1. The number of ether oxygens (including phenoxy) is 3. The van der Waals surface area contributed by atoms with Crippen LogP contribution in [0.4, 0.5) is 13.2 Å². The van der Waals surface area contributed by atoms with Crippen molar-refractivity contribution in [1.82, 2.24) is 14.1 Å². The van der Waals surface area contributed by atoms with Crippen molar-refractivity contribution in [3.05, 3.63) is 71.5 Å². The van der Waals surface area contributed by atoms with Gasteiger partial charge in [-0.1, -0.05) is 12.1 Å². The number of aliphatic hydroxyl groups is 1. The maximum atomic E-state index is 13.4. The number of allylic oxidation sites excluding steroid dienone is 1. The van der Waals surface area contributed by atoms with Crippen molar-refractivity contribution in [2.24, 2.45) is 0 Å². The van der Waals surface area contributed by atoms with E-state index >= 15 is 0 Å². The van der Waals surface area contributed by atoms with Crippen molar-refractivity contribution in [2.45, 2.75) is 29.7 Å². The number of nitrogens with zero attached hydrogens (tertiary/aromatic N) is 3. The average molecular weight is 628 g/mol. The Bertz CT molecular complexity index is 1360. The Morgan fingerprint density at radius 3 is 2.28 bits per heavy atom. The van der Waals surface area contributed by atoms with Gasteiger partial charge in [-0.2, -0.15) is 17.5 Å². The summed E-state index contributed by atoms with van der Waals surface area (Å²) in [6, 6.07) is 10.6. The zero-order valence-electron chi connectivity index (χ0n) is 24.0. The number of carbonyl (C=O) groups excluding carboxylic acids is 1. The van der Waals surface area contributed by atoms with E-state index in [1.54, 1.807) is 11.0 Å². The number of piperazine rings is 1. The number of hydrogen-bond donors (Lipinski definition) is 1. The van der Waals surface area contributed by atoms with E-state index in [1.807, 2.05) is 7.05 Å². The van der Waals surface area contributed by atoms with Gasteiger partial charge in [0.05, 0.1) is 30.8 Å². The van der Waals surface area contributed by atoms with Crippen LogP contribution in [0.3, 0.4) is 0 Å². The molecule has 0 saturated carbocycles. The van der Waals surface area contributed by atoms with E-state index in [0.29, 0.717) is 37.5 Å². The van der Waals surface area contributed by atoms with Gasteiger partial charge in [0.2, 0.25) is 16.3 Å². The predicted octanol–water partition coefficient (Wildman–Crippen LogP) is 2.90. The van der Waals surface area contributed by atoms with Gasteiger partial charge in [-0.15, -0.1) is 0 Å². The number of benzene rings is 2. The summed E-state index contributed by atoms with van der Waals surface area (Å²) < 4.78 is 83.9. The van der Waals surface area contributed by atoms with Crippen LogP contribution in [0.5, 0.6) is 5.75 Å². The molecule has 0 aromatic heterocycles. The molecule has 0 bridgehead atoms. The lowest BCUT2D eigenvalue weighted by Crippen LogP contribution is -2.48. The molecule has 2 aliphatic heterocycles. The van der Waals surface area contributed by atoms with Crippen LogP contribution < -0.4 is 4.74 Å². The van der Waals surface area contributed by atoms with Gasteiger partial charge >= 0.3 is 6.18 Å². The first-order valence-electron chi connectivity index (χ1n) is 13.8. The number of methoxy groups -OCH3 is 1. The number of carbonyl (C=O) groups is 1. The molecule has 10 nitrogen and oxygen atoms in total. The minimum Gasteiger partial charge on any atom is -0.497 e. The third-order valence-electron chi connectivity index (χ3n) is 7.42. The van der Waals surface area contributed by atoms with Crippen molar-refractivity contribution in [1.29, 1.82) is 0 Å². The molecule has 1 saturated heterocycles. The minimum atomic E-state index is -4.48. The Morgan fingerprint density at radius 2 is 1.70 bits per heavy atom. The SMILES string of the molecule is COc1ccc(S(=O)(=O)N(CCO)CCO[C@@H]2C[C@H](c3ccc(C(F)(F)F)cc3)C=C(C(=O)N3CCN(C)CC3)O2)cc1. The molecule has 0 aliphatic carbocycles. The number of aliphatic hydroxyl groups excluding tert-OH is 1. The highest BCUT2D eigenvalue weighted by Gasteiger charge is 2.34. The summed E-state index contributed by atoms with van der Waals surface area (Å²) in [6.45, 7) is 1.51. The van der Waals surface area contributed by atoms with E-state index in [4.69, 9.17) is 14.2 Å². The van der Waals surface area contributed by atoms with Crippen LogP contribution in [0.1, 0.15) is 23.5 Å². The monoisotopic (exact) mass is 627 g/mol. The van der Waals surface area contributed by atoms with Gasteiger partial charge in [-0.25, -0.2) is 8.42 Å². The maximum absolute atomic E-state index is 13.4. The molecular formula is C29H36F3N3O7S. The van der Waals surface area contributed by atoms with E-state index in [2.05, 4.69) is 4.90 Å². The average Bonchev–Trinajstić information content (AvgIpc) is 3.00.